The summed E-state index contributed by atoms with van der Waals surface area (Å²) in [5.74, 6) is 0.0345. The van der Waals surface area contributed by atoms with E-state index in [1.165, 1.54) is 6.07 Å². The minimum absolute atomic E-state index is 0.00267. The first kappa shape index (κ1) is 12.7. The molecule has 0 saturated carbocycles. The number of hydrogen-bond donors (Lipinski definition) is 1. The van der Waals surface area contributed by atoms with E-state index in [0.29, 0.717) is 5.69 Å². The van der Waals surface area contributed by atoms with Crippen molar-refractivity contribution in [1.29, 1.82) is 0 Å². The minimum Gasteiger partial charge on any atom is -0.313 e. The molecule has 1 fully saturated rings. The molecule has 94 valence electrons. The van der Waals surface area contributed by atoms with E-state index >= 15 is 0 Å². The van der Waals surface area contributed by atoms with Gasteiger partial charge in [-0.15, -0.1) is 0 Å². The second-order valence-electron chi connectivity index (χ2n) is 4.19. The Morgan fingerprint density at radius 2 is 2.29 bits per heavy atom. The van der Waals surface area contributed by atoms with Crippen molar-refractivity contribution in [3.8, 4) is 0 Å². The third-order valence-electron chi connectivity index (χ3n) is 2.66. The van der Waals surface area contributed by atoms with Crippen LogP contribution >= 0.6 is 11.6 Å². The summed E-state index contributed by atoms with van der Waals surface area (Å²) in [6.07, 6.45) is 1.88. The van der Waals surface area contributed by atoms with Gasteiger partial charge in [-0.3, -0.25) is 0 Å². The zero-order valence-corrected chi connectivity index (χ0v) is 11.1. The SMILES string of the molecule is Cc1cc(Cl)nc(S(=O)(=O)CC2CCCN2)n1. The molecule has 1 aliphatic heterocycles. The Morgan fingerprint density at radius 1 is 1.53 bits per heavy atom. The molecular weight excluding hydrogens is 262 g/mol. The molecular formula is C10H14ClN3O2S. The van der Waals surface area contributed by atoms with Crippen LogP contribution in [0.1, 0.15) is 18.5 Å². The van der Waals surface area contributed by atoms with Crippen molar-refractivity contribution in [2.75, 3.05) is 12.3 Å². The van der Waals surface area contributed by atoms with Gasteiger partial charge in [-0.05, 0) is 32.4 Å². The summed E-state index contributed by atoms with van der Waals surface area (Å²) in [4.78, 5) is 7.72. The molecule has 1 aliphatic rings. The van der Waals surface area contributed by atoms with E-state index in [1.54, 1.807) is 6.92 Å². The van der Waals surface area contributed by atoms with Crippen LogP contribution < -0.4 is 5.32 Å². The molecule has 0 radical (unpaired) electrons. The monoisotopic (exact) mass is 275 g/mol. The Bertz CT molecular complexity index is 492. The van der Waals surface area contributed by atoms with E-state index in [0.717, 1.165) is 19.4 Å². The molecule has 0 aliphatic carbocycles. The first-order valence-electron chi connectivity index (χ1n) is 5.45. The predicted octanol–water partition coefficient (Wildman–Crippen LogP) is 0.964. The molecule has 5 nitrogen and oxygen atoms in total. The molecule has 1 N–H and O–H groups in total. The lowest BCUT2D eigenvalue weighted by molar-refractivity contribution is 0.568. The van der Waals surface area contributed by atoms with E-state index in [9.17, 15) is 8.42 Å². The van der Waals surface area contributed by atoms with E-state index in [4.69, 9.17) is 11.6 Å². The summed E-state index contributed by atoms with van der Waals surface area (Å²) < 4.78 is 24.1. The van der Waals surface area contributed by atoms with E-state index in [-0.39, 0.29) is 22.1 Å². The van der Waals surface area contributed by atoms with Crippen LogP contribution in [0.15, 0.2) is 11.2 Å². The van der Waals surface area contributed by atoms with Crippen molar-refractivity contribution in [3.05, 3.63) is 16.9 Å². The quantitative estimate of drug-likeness (QED) is 0.657. The fourth-order valence-electron chi connectivity index (χ4n) is 1.88. The number of aryl methyl sites for hydroxylation is 1. The molecule has 17 heavy (non-hydrogen) atoms. The van der Waals surface area contributed by atoms with Gasteiger partial charge in [-0.2, -0.15) is 0 Å². The van der Waals surface area contributed by atoms with Gasteiger partial charge < -0.3 is 5.32 Å². The summed E-state index contributed by atoms with van der Waals surface area (Å²) >= 11 is 5.74. The minimum atomic E-state index is -3.46. The van der Waals surface area contributed by atoms with Gasteiger partial charge in [-0.25, -0.2) is 18.4 Å². The molecule has 0 spiro atoms. The number of nitrogens with one attached hydrogen (secondary N) is 1. The van der Waals surface area contributed by atoms with Crippen LogP contribution in [0.5, 0.6) is 0 Å². The molecule has 0 bridgehead atoms. The lowest BCUT2D eigenvalue weighted by Gasteiger charge is -2.10. The summed E-state index contributed by atoms with van der Waals surface area (Å²) in [5.41, 5.74) is 0.558. The second-order valence-corrected chi connectivity index (χ2v) is 6.50. The Kier molecular flexibility index (Phi) is 3.65. The molecule has 1 saturated heterocycles. The lowest BCUT2D eigenvalue weighted by atomic mass is 10.3. The number of sulfone groups is 1. The topological polar surface area (TPSA) is 72.0 Å². The maximum absolute atomic E-state index is 12.1. The highest BCUT2D eigenvalue weighted by Gasteiger charge is 2.26. The fraction of sp³-hybridized carbons (Fsp3) is 0.600. The number of hydrogen-bond acceptors (Lipinski definition) is 5. The van der Waals surface area contributed by atoms with E-state index < -0.39 is 9.84 Å². The normalized spacial score (nSPS) is 20.7. The van der Waals surface area contributed by atoms with Crippen molar-refractivity contribution in [2.45, 2.75) is 31.0 Å². The van der Waals surface area contributed by atoms with Crippen LogP contribution in [0.2, 0.25) is 5.15 Å². The Morgan fingerprint density at radius 3 is 2.88 bits per heavy atom. The van der Waals surface area contributed by atoms with Gasteiger partial charge in [0.25, 0.3) is 0 Å². The third kappa shape index (κ3) is 3.14. The van der Waals surface area contributed by atoms with Crippen molar-refractivity contribution in [1.82, 2.24) is 15.3 Å². The third-order valence-corrected chi connectivity index (χ3v) is 4.44. The van der Waals surface area contributed by atoms with Crippen molar-refractivity contribution < 1.29 is 8.42 Å². The zero-order valence-electron chi connectivity index (χ0n) is 9.48. The highest BCUT2D eigenvalue weighted by molar-refractivity contribution is 7.91. The molecule has 1 unspecified atom stereocenters. The Balaban J connectivity index is 2.24. The predicted molar refractivity (Wildman–Crippen MR) is 64.9 cm³/mol. The first-order valence-corrected chi connectivity index (χ1v) is 7.48. The molecule has 0 aromatic carbocycles. The summed E-state index contributed by atoms with van der Waals surface area (Å²) in [5, 5.41) is 3.14. The van der Waals surface area contributed by atoms with Crippen LogP contribution in [0.4, 0.5) is 0 Å². The average molecular weight is 276 g/mol. The summed E-state index contributed by atoms with van der Waals surface area (Å²) in [6.45, 7) is 2.57. The fourth-order valence-corrected chi connectivity index (χ4v) is 3.65. The highest BCUT2D eigenvalue weighted by Crippen LogP contribution is 2.15. The smallest absolute Gasteiger partial charge is 0.248 e. The van der Waals surface area contributed by atoms with Crippen LogP contribution in [-0.2, 0) is 9.84 Å². The summed E-state index contributed by atoms with van der Waals surface area (Å²) in [7, 11) is -3.46. The van der Waals surface area contributed by atoms with Gasteiger partial charge in [-0.1, -0.05) is 11.6 Å². The van der Waals surface area contributed by atoms with Gasteiger partial charge in [0.05, 0.1) is 5.75 Å². The molecule has 7 heteroatoms. The van der Waals surface area contributed by atoms with Gasteiger partial charge >= 0.3 is 0 Å². The number of nitrogens with zero attached hydrogens (tertiary/aromatic N) is 2. The number of rotatable bonds is 3. The van der Waals surface area contributed by atoms with Gasteiger partial charge in [0.1, 0.15) is 5.15 Å². The zero-order chi connectivity index (χ0) is 12.5. The average Bonchev–Trinajstić information content (AvgIpc) is 2.68. The molecule has 1 atom stereocenters. The molecule has 2 heterocycles. The van der Waals surface area contributed by atoms with E-state index in [2.05, 4.69) is 15.3 Å². The van der Waals surface area contributed by atoms with Crippen molar-refractivity contribution >= 4 is 21.4 Å². The second kappa shape index (κ2) is 4.88. The highest BCUT2D eigenvalue weighted by atomic mass is 35.5. The standard InChI is InChI=1S/C10H14ClN3O2S/c1-7-5-9(11)14-10(13-7)17(15,16)6-8-3-2-4-12-8/h5,8,12H,2-4,6H2,1H3. The lowest BCUT2D eigenvalue weighted by Crippen LogP contribution is -2.30. The van der Waals surface area contributed by atoms with Crippen LogP contribution in [0, 0.1) is 6.92 Å². The van der Waals surface area contributed by atoms with Crippen molar-refractivity contribution in [3.63, 3.8) is 0 Å². The summed E-state index contributed by atoms with van der Waals surface area (Å²) in [6, 6.07) is 1.54. The molecule has 2 rings (SSSR count). The Labute approximate surface area is 106 Å². The maximum Gasteiger partial charge on any atom is 0.248 e. The van der Waals surface area contributed by atoms with Crippen LogP contribution in [0.3, 0.4) is 0 Å². The molecule has 1 aromatic rings. The van der Waals surface area contributed by atoms with E-state index in [1.807, 2.05) is 0 Å². The number of halogens is 1. The van der Waals surface area contributed by atoms with Gasteiger partial charge in [0.2, 0.25) is 15.0 Å². The first-order chi connectivity index (χ1) is 7.97. The largest absolute Gasteiger partial charge is 0.313 e. The van der Waals surface area contributed by atoms with Crippen LogP contribution in [-0.4, -0.2) is 36.7 Å². The number of aromatic nitrogens is 2. The van der Waals surface area contributed by atoms with Gasteiger partial charge in [0, 0.05) is 11.7 Å². The maximum atomic E-state index is 12.1. The Hall–Kier alpha value is -0.720. The molecule has 0 amide bonds. The molecule has 1 aromatic heterocycles. The van der Waals surface area contributed by atoms with Gasteiger partial charge in [0.15, 0.2) is 0 Å². The van der Waals surface area contributed by atoms with Crippen LogP contribution in [0.25, 0.3) is 0 Å². The van der Waals surface area contributed by atoms with Crippen molar-refractivity contribution in [2.24, 2.45) is 0 Å².